The standard InChI is InChI=1S/C98H91BN4O2/c1-94(2,3)64-34-42-69(43-35-64)100(70-44-36-65(37-45-70)95(4,5)6)73-50-54-79-81(60-73)102(92-75(62-26-18-16-19-27-62)52-56-87-89(92)77-30-22-24-32-85(77)104-87)83-58-68(98(13,14)15)59-84-91(83)99(79)80-55-51-74(101(71-46-38-66(39-47-71)96(7,8)9)72-48-40-67(41-49-72)97(10,11)12)61-82(80)103(84)93-76(63-28-20-17-21-29-63)53-57-88-90(93)78-31-23-25-33-86(78)105-88/h16-61H,1-15H3. The maximum atomic E-state index is 7.07. The Labute approximate surface area is 619 Å². The van der Waals surface area contributed by atoms with Crippen molar-refractivity contribution in [1.82, 2.24) is 0 Å². The van der Waals surface area contributed by atoms with Crippen LogP contribution in [0.3, 0.4) is 0 Å². The zero-order chi connectivity index (χ0) is 72.8. The van der Waals surface area contributed by atoms with Crippen molar-refractivity contribution < 1.29 is 8.83 Å². The van der Waals surface area contributed by atoms with Crippen molar-refractivity contribution >= 4 is 135 Å². The Bertz CT molecular complexity index is 5390. The van der Waals surface area contributed by atoms with Crippen molar-refractivity contribution in [3.05, 3.63) is 307 Å². The van der Waals surface area contributed by atoms with E-state index in [2.05, 4.69) is 403 Å². The summed E-state index contributed by atoms with van der Waals surface area (Å²) in [6.07, 6.45) is 0. The van der Waals surface area contributed by atoms with E-state index in [1.807, 2.05) is 0 Å². The van der Waals surface area contributed by atoms with Crippen LogP contribution in [0.25, 0.3) is 66.1 Å². The fourth-order valence-corrected chi connectivity index (χ4v) is 16.3. The summed E-state index contributed by atoms with van der Waals surface area (Å²) in [6.45, 7) is 34.4. The van der Waals surface area contributed by atoms with Gasteiger partial charge < -0.3 is 28.4 Å². The third-order valence-corrected chi connectivity index (χ3v) is 22.0. The predicted molar refractivity (Wildman–Crippen MR) is 449 cm³/mol. The van der Waals surface area contributed by atoms with E-state index < -0.39 is 0 Å². The normalized spacial score (nSPS) is 13.2. The van der Waals surface area contributed by atoms with Gasteiger partial charge in [0.2, 0.25) is 0 Å². The Morgan fingerprint density at radius 3 is 0.895 bits per heavy atom. The second kappa shape index (κ2) is 24.7. The molecular formula is C98H91BN4O2. The number of anilines is 12. The van der Waals surface area contributed by atoms with Gasteiger partial charge in [-0.1, -0.05) is 262 Å². The summed E-state index contributed by atoms with van der Waals surface area (Å²) < 4.78 is 14.1. The first kappa shape index (κ1) is 66.9. The van der Waals surface area contributed by atoms with Gasteiger partial charge >= 0.3 is 0 Å². The van der Waals surface area contributed by atoms with Crippen molar-refractivity contribution in [2.75, 3.05) is 19.6 Å². The monoisotopic (exact) mass is 1370 g/mol. The molecular weight excluding hydrogens is 1280 g/mol. The first-order chi connectivity index (χ1) is 50.2. The summed E-state index contributed by atoms with van der Waals surface area (Å²) in [5, 5.41) is 4.20. The molecule has 0 N–H and O–H groups in total. The fraction of sp³-hybridized carbons (Fsp3) is 0.204. The van der Waals surface area contributed by atoms with Crippen LogP contribution >= 0.6 is 0 Å². The van der Waals surface area contributed by atoms with E-state index >= 15 is 0 Å². The predicted octanol–water partition coefficient (Wildman–Crippen LogP) is 26.3. The van der Waals surface area contributed by atoms with Crippen molar-refractivity contribution in [1.29, 1.82) is 0 Å². The number of hydrogen-bond acceptors (Lipinski definition) is 6. The van der Waals surface area contributed by atoms with Crippen molar-refractivity contribution in [2.24, 2.45) is 0 Å². The zero-order valence-corrected chi connectivity index (χ0v) is 63.2. The van der Waals surface area contributed by atoms with Crippen LogP contribution in [-0.4, -0.2) is 6.71 Å². The highest BCUT2D eigenvalue weighted by molar-refractivity contribution is 7.00. The van der Waals surface area contributed by atoms with Crippen molar-refractivity contribution in [3.63, 3.8) is 0 Å². The van der Waals surface area contributed by atoms with Crippen LogP contribution in [-0.2, 0) is 27.1 Å². The Morgan fingerprint density at radius 2 is 0.571 bits per heavy atom. The zero-order valence-electron chi connectivity index (χ0n) is 63.2. The van der Waals surface area contributed by atoms with Gasteiger partial charge in [0.15, 0.2) is 0 Å². The lowest BCUT2D eigenvalue weighted by atomic mass is 9.33. The van der Waals surface area contributed by atoms with Crippen LogP contribution in [0.2, 0.25) is 0 Å². The smallest absolute Gasteiger partial charge is 0.252 e. The SMILES string of the molecule is CC(C)(C)c1ccc(N(c2ccc(C(C)(C)C)cc2)c2ccc3c(c2)N(c2c(-c4ccccc4)ccc4oc5ccccc5c24)c2cc(C(C)(C)C)cc4c2B3c2ccc(N(c3ccc(C(C)(C)C)cc3)c3ccc(C(C)(C)C)cc3)cc2N4c2c(-c3ccccc3)ccc3oc4ccccc4c23)cc1. The summed E-state index contributed by atoms with van der Waals surface area (Å²) in [5.74, 6) is 0. The first-order valence-electron chi connectivity index (χ1n) is 37.3. The highest BCUT2D eigenvalue weighted by Crippen LogP contribution is 2.56. The summed E-state index contributed by atoms with van der Waals surface area (Å²) >= 11 is 0. The summed E-state index contributed by atoms with van der Waals surface area (Å²) in [7, 11) is 0. The van der Waals surface area contributed by atoms with Gasteiger partial charge in [0.25, 0.3) is 6.71 Å². The van der Waals surface area contributed by atoms with Crippen LogP contribution in [0.5, 0.6) is 0 Å². The fourth-order valence-electron chi connectivity index (χ4n) is 16.3. The van der Waals surface area contributed by atoms with Crippen LogP contribution in [0.1, 0.15) is 132 Å². The van der Waals surface area contributed by atoms with Gasteiger partial charge in [0.1, 0.15) is 22.3 Å². The number of para-hydroxylation sites is 2. The molecule has 2 aromatic heterocycles. The number of nitrogens with zero attached hydrogens (tertiary/aromatic N) is 4. The Hall–Kier alpha value is -11.3. The second-order valence-corrected chi connectivity index (χ2v) is 34.2. The average Bonchev–Trinajstić information content (AvgIpc) is 1.51. The molecule has 0 amide bonds. The van der Waals surface area contributed by atoms with Gasteiger partial charge in [0.05, 0.1) is 22.1 Å². The molecule has 6 nitrogen and oxygen atoms in total. The quantitative estimate of drug-likeness (QED) is 0.127. The van der Waals surface area contributed by atoms with Crippen LogP contribution in [0.15, 0.2) is 288 Å². The minimum atomic E-state index is -0.361. The minimum Gasteiger partial charge on any atom is -0.456 e. The highest BCUT2D eigenvalue weighted by Gasteiger charge is 2.47. The molecule has 105 heavy (non-hydrogen) atoms. The van der Waals surface area contributed by atoms with Gasteiger partial charge in [-0.05, 0) is 204 Å². The van der Waals surface area contributed by atoms with E-state index in [-0.39, 0.29) is 33.8 Å². The number of furan rings is 2. The van der Waals surface area contributed by atoms with Crippen molar-refractivity contribution in [2.45, 2.75) is 131 Å². The topological polar surface area (TPSA) is 39.2 Å². The number of rotatable bonds is 10. The van der Waals surface area contributed by atoms with Gasteiger partial charge in [-0.25, -0.2) is 0 Å². The van der Waals surface area contributed by atoms with E-state index in [0.29, 0.717) is 0 Å². The molecule has 518 valence electrons. The van der Waals surface area contributed by atoms with E-state index in [9.17, 15) is 0 Å². The molecule has 0 unspecified atom stereocenters. The molecule has 0 bridgehead atoms. The molecule has 2 aliphatic rings. The molecule has 15 aromatic rings. The average molecular weight is 1370 g/mol. The molecule has 0 spiro atoms. The maximum absolute atomic E-state index is 7.07. The second-order valence-electron chi connectivity index (χ2n) is 34.2. The Morgan fingerprint density at radius 1 is 0.267 bits per heavy atom. The molecule has 13 aromatic carbocycles. The molecule has 2 aliphatic heterocycles. The lowest BCUT2D eigenvalue weighted by molar-refractivity contribution is 0.590. The first-order valence-corrected chi connectivity index (χ1v) is 37.3. The van der Waals surface area contributed by atoms with E-state index in [0.717, 1.165) is 134 Å². The van der Waals surface area contributed by atoms with Gasteiger partial charge in [-0.2, -0.15) is 0 Å². The number of hydrogen-bond donors (Lipinski definition) is 0. The molecule has 0 aliphatic carbocycles. The van der Waals surface area contributed by atoms with Gasteiger partial charge in [-0.3, -0.25) is 0 Å². The number of benzene rings is 13. The Kier molecular flexibility index (Phi) is 15.7. The van der Waals surface area contributed by atoms with Crippen LogP contribution in [0, 0.1) is 0 Å². The summed E-state index contributed by atoms with van der Waals surface area (Å²) in [5.41, 5.74) is 29.9. The maximum Gasteiger partial charge on any atom is 0.252 e. The number of fused-ring (bicyclic) bond motifs is 10. The molecule has 0 fully saturated rings. The molecule has 7 heteroatoms. The lowest BCUT2D eigenvalue weighted by Gasteiger charge is -2.46. The molecule has 4 heterocycles. The van der Waals surface area contributed by atoms with E-state index in [4.69, 9.17) is 8.83 Å². The molecule has 0 atom stereocenters. The molecule has 0 radical (unpaired) electrons. The van der Waals surface area contributed by atoms with Crippen LogP contribution in [0.4, 0.5) is 68.2 Å². The van der Waals surface area contributed by atoms with Gasteiger partial charge in [0, 0.05) is 78.8 Å². The molecule has 17 rings (SSSR count). The molecule has 0 saturated heterocycles. The lowest BCUT2D eigenvalue weighted by Crippen LogP contribution is -2.61. The van der Waals surface area contributed by atoms with Crippen LogP contribution < -0.4 is 36.0 Å². The minimum absolute atomic E-state index is 0.0425. The van der Waals surface area contributed by atoms with E-state index in [1.165, 1.54) is 44.2 Å². The highest BCUT2D eigenvalue weighted by atomic mass is 16.3. The van der Waals surface area contributed by atoms with E-state index in [1.54, 1.807) is 0 Å². The summed E-state index contributed by atoms with van der Waals surface area (Å²) in [6, 6.07) is 105. The molecule has 0 saturated carbocycles. The summed E-state index contributed by atoms with van der Waals surface area (Å²) in [4.78, 5) is 10.3. The van der Waals surface area contributed by atoms with Gasteiger partial charge in [-0.15, -0.1) is 0 Å². The third-order valence-electron chi connectivity index (χ3n) is 22.0. The Balaban J connectivity index is 1.03. The van der Waals surface area contributed by atoms with Crippen molar-refractivity contribution in [3.8, 4) is 22.3 Å². The third kappa shape index (κ3) is 11.6. The largest absolute Gasteiger partial charge is 0.456 e.